The molecule has 0 saturated carbocycles. The number of aliphatic hydroxyl groups excluding tert-OH is 1. The first-order valence-electron chi connectivity index (χ1n) is 6.13. The van der Waals surface area contributed by atoms with Gasteiger partial charge in [-0.1, -0.05) is 20.8 Å². The summed E-state index contributed by atoms with van der Waals surface area (Å²) in [4.78, 5) is 16.4. The molecule has 2 rings (SSSR count). The molecular formula is C13H18N4O2. The maximum absolute atomic E-state index is 12.2. The van der Waals surface area contributed by atoms with Crippen molar-refractivity contribution >= 4 is 11.6 Å². The second-order valence-electron chi connectivity index (χ2n) is 5.52. The Bertz CT molecular complexity index is 586. The number of hydrogen-bond donors (Lipinski definition) is 2. The third-order valence-corrected chi connectivity index (χ3v) is 3.06. The number of aromatic nitrogens is 3. The highest BCUT2D eigenvalue weighted by Crippen LogP contribution is 2.19. The van der Waals surface area contributed by atoms with Crippen LogP contribution in [0.2, 0.25) is 0 Å². The molecule has 1 atom stereocenters. The van der Waals surface area contributed by atoms with E-state index in [0.29, 0.717) is 11.2 Å². The van der Waals surface area contributed by atoms with Gasteiger partial charge in [0, 0.05) is 12.4 Å². The minimum absolute atomic E-state index is 0.109. The molecule has 0 aliphatic heterocycles. The summed E-state index contributed by atoms with van der Waals surface area (Å²) in [5, 5.41) is 16.3. The van der Waals surface area contributed by atoms with Crippen LogP contribution in [-0.2, 0) is 0 Å². The molecule has 19 heavy (non-hydrogen) atoms. The summed E-state index contributed by atoms with van der Waals surface area (Å²) in [6.07, 6.45) is 4.82. The molecule has 0 fully saturated rings. The van der Waals surface area contributed by atoms with E-state index in [1.807, 2.05) is 20.8 Å². The van der Waals surface area contributed by atoms with Crippen LogP contribution >= 0.6 is 0 Å². The third-order valence-electron chi connectivity index (χ3n) is 3.06. The van der Waals surface area contributed by atoms with Crippen molar-refractivity contribution in [2.75, 3.05) is 6.61 Å². The van der Waals surface area contributed by atoms with Gasteiger partial charge in [0.1, 0.15) is 5.56 Å². The van der Waals surface area contributed by atoms with E-state index in [2.05, 4.69) is 15.4 Å². The van der Waals surface area contributed by atoms with Crippen LogP contribution in [0.1, 0.15) is 31.1 Å². The van der Waals surface area contributed by atoms with Crippen LogP contribution in [0.4, 0.5) is 0 Å². The number of aliphatic hydroxyl groups is 1. The number of hydrogen-bond acceptors (Lipinski definition) is 4. The van der Waals surface area contributed by atoms with Crippen molar-refractivity contribution in [3.05, 3.63) is 30.2 Å². The van der Waals surface area contributed by atoms with E-state index in [1.165, 1.54) is 6.20 Å². The van der Waals surface area contributed by atoms with Gasteiger partial charge in [-0.2, -0.15) is 5.10 Å². The Kier molecular flexibility index (Phi) is 3.53. The van der Waals surface area contributed by atoms with E-state index in [1.54, 1.807) is 23.0 Å². The van der Waals surface area contributed by atoms with Gasteiger partial charge in [-0.15, -0.1) is 0 Å². The predicted molar refractivity (Wildman–Crippen MR) is 70.8 cm³/mol. The fourth-order valence-electron chi connectivity index (χ4n) is 1.76. The van der Waals surface area contributed by atoms with Crippen LogP contribution in [0.15, 0.2) is 24.7 Å². The van der Waals surface area contributed by atoms with Gasteiger partial charge in [-0.05, 0) is 11.5 Å². The molecule has 2 aromatic heterocycles. The maximum atomic E-state index is 12.2. The number of amides is 1. The van der Waals surface area contributed by atoms with Crippen LogP contribution in [-0.4, -0.2) is 38.3 Å². The van der Waals surface area contributed by atoms with Crippen molar-refractivity contribution in [2.24, 2.45) is 5.41 Å². The van der Waals surface area contributed by atoms with Gasteiger partial charge in [0.25, 0.3) is 5.91 Å². The monoisotopic (exact) mass is 262 g/mol. The summed E-state index contributed by atoms with van der Waals surface area (Å²) >= 11 is 0. The van der Waals surface area contributed by atoms with Crippen LogP contribution in [0.5, 0.6) is 0 Å². The number of rotatable bonds is 3. The fraction of sp³-hybridized carbons (Fsp3) is 0.462. The first kappa shape index (κ1) is 13.5. The zero-order valence-corrected chi connectivity index (χ0v) is 11.3. The SMILES string of the molecule is CC(C)(C)C(CO)NC(=O)c1cnn2cccnc12. The molecule has 102 valence electrons. The molecule has 0 aliphatic carbocycles. The maximum Gasteiger partial charge on any atom is 0.257 e. The van der Waals surface area contributed by atoms with E-state index >= 15 is 0 Å². The second kappa shape index (κ2) is 4.97. The third kappa shape index (κ3) is 2.73. The number of fused-ring (bicyclic) bond motifs is 1. The van der Waals surface area contributed by atoms with Crippen molar-refractivity contribution in [3.8, 4) is 0 Å². The lowest BCUT2D eigenvalue weighted by Crippen LogP contribution is -2.46. The van der Waals surface area contributed by atoms with Gasteiger partial charge < -0.3 is 10.4 Å². The molecule has 1 unspecified atom stereocenters. The molecule has 0 bridgehead atoms. The average molecular weight is 262 g/mol. The topological polar surface area (TPSA) is 79.5 Å². The molecule has 2 N–H and O–H groups in total. The van der Waals surface area contributed by atoms with Crippen molar-refractivity contribution in [1.82, 2.24) is 19.9 Å². The largest absolute Gasteiger partial charge is 0.394 e. The molecule has 2 aromatic rings. The molecule has 1 amide bonds. The molecule has 6 nitrogen and oxygen atoms in total. The number of nitrogens with zero attached hydrogens (tertiary/aromatic N) is 3. The van der Waals surface area contributed by atoms with Gasteiger partial charge in [0.2, 0.25) is 0 Å². The molecule has 0 aromatic carbocycles. The summed E-state index contributed by atoms with van der Waals surface area (Å²) in [6.45, 7) is 5.77. The lowest BCUT2D eigenvalue weighted by Gasteiger charge is -2.29. The fourth-order valence-corrected chi connectivity index (χ4v) is 1.76. The van der Waals surface area contributed by atoms with Crippen LogP contribution in [0, 0.1) is 5.41 Å². The molecule has 0 radical (unpaired) electrons. The number of carbonyl (C=O) groups excluding carboxylic acids is 1. The number of carbonyl (C=O) groups is 1. The Hall–Kier alpha value is -1.95. The summed E-state index contributed by atoms with van der Waals surface area (Å²) in [6, 6.07) is 1.42. The lowest BCUT2D eigenvalue weighted by molar-refractivity contribution is 0.0849. The standard InChI is InChI=1S/C13H18N4O2/c1-13(2,3)10(8-18)16-12(19)9-7-15-17-6-4-5-14-11(9)17/h4-7,10,18H,8H2,1-3H3,(H,16,19). The van der Waals surface area contributed by atoms with Gasteiger partial charge >= 0.3 is 0 Å². The van der Waals surface area contributed by atoms with Crippen LogP contribution in [0.25, 0.3) is 5.65 Å². The van der Waals surface area contributed by atoms with Gasteiger partial charge in [0.05, 0.1) is 18.8 Å². The second-order valence-corrected chi connectivity index (χ2v) is 5.52. The summed E-state index contributed by atoms with van der Waals surface area (Å²) in [7, 11) is 0. The van der Waals surface area contributed by atoms with E-state index in [-0.39, 0.29) is 24.0 Å². The molecule has 0 spiro atoms. The molecule has 2 heterocycles. The lowest BCUT2D eigenvalue weighted by atomic mass is 9.87. The van der Waals surface area contributed by atoms with Crippen LogP contribution < -0.4 is 5.32 Å². The number of nitrogens with one attached hydrogen (secondary N) is 1. The summed E-state index contributed by atoms with van der Waals surface area (Å²) < 4.78 is 1.54. The van der Waals surface area contributed by atoms with E-state index < -0.39 is 0 Å². The van der Waals surface area contributed by atoms with E-state index in [0.717, 1.165) is 0 Å². The summed E-state index contributed by atoms with van der Waals surface area (Å²) in [5.74, 6) is -0.275. The highest BCUT2D eigenvalue weighted by atomic mass is 16.3. The van der Waals surface area contributed by atoms with Gasteiger partial charge in [0.15, 0.2) is 5.65 Å². The van der Waals surface area contributed by atoms with Gasteiger partial charge in [-0.3, -0.25) is 4.79 Å². The minimum Gasteiger partial charge on any atom is -0.394 e. The minimum atomic E-state index is -0.321. The zero-order valence-electron chi connectivity index (χ0n) is 11.3. The Labute approximate surface area is 111 Å². The highest BCUT2D eigenvalue weighted by molar-refractivity contribution is 5.99. The van der Waals surface area contributed by atoms with E-state index in [4.69, 9.17) is 0 Å². The quantitative estimate of drug-likeness (QED) is 0.860. The van der Waals surface area contributed by atoms with Gasteiger partial charge in [-0.25, -0.2) is 9.50 Å². The normalized spacial score (nSPS) is 13.5. The zero-order chi connectivity index (χ0) is 14.0. The van der Waals surface area contributed by atoms with Crippen molar-refractivity contribution in [3.63, 3.8) is 0 Å². The smallest absolute Gasteiger partial charge is 0.257 e. The van der Waals surface area contributed by atoms with Crippen molar-refractivity contribution in [1.29, 1.82) is 0 Å². The molecule has 0 saturated heterocycles. The predicted octanol–water partition coefficient (Wildman–Crippen LogP) is 0.866. The summed E-state index contributed by atoms with van der Waals surface area (Å²) in [5.41, 5.74) is 0.690. The van der Waals surface area contributed by atoms with Crippen molar-refractivity contribution in [2.45, 2.75) is 26.8 Å². The van der Waals surface area contributed by atoms with Crippen molar-refractivity contribution < 1.29 is 9.90 Å². The Morgan fingerprint density at radius 3 is 2.89 bits per heavy atom. The average Bonchev–Trinajstić information content (AvgIpc) is 2.78. The first-order valence-corrected chi connectivity index (χ1v) is 6.13. The highest BCUT2D eigenvalue weighted by Gasteiger charge is 2.27. The molecular weight excluding hydrogens is 244 g/mol. The Morgan fingerprint density at radius 2 is 2.26 bits per heavy atom. The molecule has 6 heteroatoms. The Balaban J connectivity index is 2.25. The van der Waals surface area contributed by atoms with E-state index in [9.17, 15) is 9.90 Å². The first-order chi connectivity index (χ1) is 8.93. The van der Waals surface area contributed by atoms with Crippen LogP contribution in [0.3, 0.4) is 0 Å². The molecule has 0 aliphatic rings. The Morgan fingerprint density at radius 1 is 1.53 bits per heavy atom.